The average Bonchev–Trinajstić information content (AvgIpc) is 3.25. The van der Waals surface area contributed by atoms with Crippen LogP contribution in [0.3, 0.4) is 0 Å². The number of likely N-dealkylation sites (tertiary alicyclic amines) is 1. The Morgan fingerprint density at radius 2 is 2.04 bits per heavy atom. The minimum atomic E-state index is 0. The molecule has 148 valence electrons. The van der Waals surface area contributed by atoms with Crippen LogP contribution in [0.4, 0.5) is 0 Å². The molecule has 2 N–H and O–H groups in total. The van der Waals surface area contributed by atoms with Gasteiger partial charge < -0.3 is 20.1 Å². The van der Waals surface area contributed by atoms with E-state index in [4.69, 9.17) is 0 Å². The highest BCUT2D eigenvalue weighted by Gasteiger charge is 2.27. The Hall–Kier alpha value is -1.39. The van der Waals surface area contributed by atoms with Gasteiger partial charge in [-0.3, -0.25) is 9.79 Å². The third kappa shape index (κ3) is 7.46. The van der Waals surface area contributed by atoms with Crippen LogP contribution in [-0.2, 0) is 11.3 Å². The highest BCUT2D eigenvalue weighted by Crippen LogP contribution is 2.12. The van der Waals surface area contributed by atoms with Crippen LogP contribution in [0.25, 0.3) is 0 Å². The Balaban J connectivity index is 0.00000338. The fraction of sp³-hybridized carbons (Fsp3) is 0.765. The summed E-state index contributed by atoms with van der Waals surface area (Å²) in [6.45, 7) is 10.1. The summed E-state index contributed by atoms with van der Waals surface area (Å²) in [5.74, 6) is 1.14. The number of carbonyl (C=O) groups excluding carboxylic acids is 1. The predicted octanol–water partition coefficient (Wildman–Crippen LogP) is 1.49. The molecule has 0 bridgehead atoms. The van der Waals surface area contributed by atoms with Gasteiger partial charge in [-0.1, -0.05) is 13.8 Å². The number of guanidine groups is 1. The van der Waals surface area contributed by atoms with Crippen LogP contribution in [0.1, 0.15) is 40.0 Å². The summed E-state index contributed by atoms with van der Waals surface area (Å²) in [7, 11) is 0. The smallest absolute Gasteiger partial charge is 0.225 e. The molecule has 2 rings (SSSR count). The fourth-order valence-electron chi connectivity index (χ4n) is 2.89. The summed E-state index contributed by atoms with van der Waals surface area (Å²) < 4.78 is 1.98. The number of nitrogens with one attached hydrogen (secondary N) is 2. The fourth-order valence-corrected chi connectivity index (χ4v) is 2.89. The molecule has 26 heavy (non-hydrogen) atoms. The zero-order chi connectivity index (χ0) is 18.1. The van der Waals surface area contributed by atoms with Crippen molar-refractivity contribution in [2.75, 3.05) is 26.2 Å². The number of amides is 1. The number of aromatic nitrogens is 3. The van der Waals surface area contributed by atoms with Crippen molar-refractivity contribution in [3.8, 4) is 0 Å². The largest absolute Gasteiger partial charge is 0.357 e. The first-order valence-electron chi connectivity index (χ1n) is 9.26. The summed E-state index contributed by atoms with van der Waals surface area (Å²) in [4.78, 5) is 18.7. The number of aliphatic imine (C=N–C) groups is 1. The topological polar surface area (TPSA) is 87.4 Å². The van der Waals surface area contributed by atoms with Crippen LogP contribution in [0, 0.1) is 5.92 Å². The van der Waals surface area contributed by atoms with Crippen molar-refractivity contribution in [2.45, 2.75) is 52.6 Å². The summed E-state index contributed by atoms with van der Waals surface area (Å²) in [5.41, 5.74) is 0. The number of unbranched alkanes of at least 4 members (excludes halogenated alkanes) is 1. The van der Waals surface area contributed by atoms with Crippen LogP contribution >= 0.6 is 24.0 Å². The van der Waals surface area contributed by atoms with E-state index in [0.29, 0.717) is 0 Å². The minimum absolute atomic E-state index is 0. The van der Waals surface area contributed by atoms with E-state index in [9.17, 15) is 4.79 Å². The highest BCUT2D eigenvalue weighted by atomic mass is 127. The molecule has 2 heterocycles. The molecule has 0 saturated carbocycles. The van der Waals surface area contributed by atoms with E-state index in [2.05, 4.69) is 32.7 Å². The van der Waals surface area contributed by atoms with E-state index >= 15 is 0 Å². The second-order valence-electron chi connectivity index (χ2n) is 6.74. The maximum absolute atomic E-state index is 12.1. The lowest BCUT2D eigenvalue weighted by Gasteiger charge is -2.20. The molecule has 1 aromatic heterocycles. The van der Waals surface area contributed by atoms with Gasteiger partial charge in [-0.05, 0) is 26.2 Å². The standard InChI is InChI=1S/C17H31N7O.HI/c1-4-18-17(19-8-5-6-9-23-12-20-21-13-23)22-15-7-10-24(11-15)16(25)14(2)3;/h12-15H,4-11H2,1-3H3,(H2,18,19,22);1H. The van der Waals surface area contributed by atoms with Crippen molar-refractivity contribution in [3.63, 3.8) is 0 Å². The zero-order valence-electron chi connectivity index (χ0n) is 16.0. The molecule has 1 aliphatic heterocycles. The van der Waals surface area contributed by atoms with Gasteiger partial charge in [0.25, 0.3) is 0 Å². The van der Waals surface area contributed by atoms with Crippen LogP contribution in [0.15, 0.2) is 17.6 Å². The molecule has 0 radical (unpaired) electrons. The van der Waals surface area contributed by atoms with Gasteiger partial charge in [0.15, 0.2) is 5.96 Å². The minimum Gasteiger partial charge on any atom is -0.357 e. The number of nitrogens with zero attached hydrogens (tertiary/aromatic N) is 5. The van der Waals surface area contributed by atoms with Gasteiger partial charge in [-0.25, -0.2) is 0 Å². The maximum Gasteiger partial charge on any atom is 0.225 e. The van der Waals surface area contributed by atoms with E-state index in [1.54, 1.807) is 12.7 Å². The molecule has 0 aromatic carbocycles. The average molecular weight is 477 g/mol. The van der Waals surface area contributed by atoms with Gasteiger partial charge in [-0.15, -0.1) is 34.2 Å². The Morgan fingerprint density at radius 1 is 1.31 bits per heavy atom. The highest BCUT2D eigenvalue weighted by molar-refractivity contribution is 14.0. The number of hydrogen-bond donors (Lipinski definition) is 2. The Kier molecular flexibility index (Phi) is 10.5. The van der Waals surface area contributed by atoms with E-state index in [0.717, 1.165) is 57.9 Å². The third-order valence-electron chi connectivity index (χ3n) is 4.24. The number of rotatable bonds is 8. The van der Waals surface area contributed by atoms with Gasteiger partial charge in [0, 0.05) is 44.7 Å². The second-order valence-corrected chi connectivity index (χ2v) is 6.74. The summed E-state index contributed by atoms with van der Waals surface area (Å²) in [6, 6.07) is 0.275. The second kappa shape index (κ2) is 12.1. The molecule has 0 aliphatic carbocycles. The summed E-state index contributed by atoms with van der Waals surface area (Å²) in [6.07, 6.45) is 6.49. The molecule has 1 atom stereocenters. The lowest BCUT2D eigenvalue weighted by molar-refractivity contribution is -0.133. The van der Waals surface area contributed by atoms with Crippen molar-refractivity contribution < 1.29 is 4.79 Å². The van der Waals surface area contributed by atoms with E-state index in [-0.39, 0.29) is 41.8 Å². The van der Waals surface area contributed by atoms with Crippen molar-refractivity contribution in [1.29, 1.82) is 0 Å². The quantitative estimate of drug-likeness (QED) is 0.257. The normalized spacial score (nSPS) is 17.3. The van der Waals surface area contributed by atoms with Crippen molar-refractivity contribution in [3.05, 3.63) is 12.7 Å². The summed E-state index contributed by atoms with van der Waals surface area (Å²) >= 11 is 0. The molecule has 1 aliphatic rings. The molecule has 1 aromatic rings. The van der Waals surface area contributed by atoms with Crippen molar-refractivity contribution in [1.82, 2.24) is 30.3 Å². The molecule has 9 heteroatoms. The molecule has 1 fully saturated rings. The van der Waals surface area contributed by atoms with E-state index < -0.39 is 0 Å². The van der Waals surface area contributed by atoms with Crippen LogP contribution in [-0.4, -0.2) is 63.8 Å². The molecule has 8 nitrogen and oxygen atoms in total. The van der Waals surface area contributed by atoms with E-state index in [1.165, 1.54) is 0 Å². The van der Waals surface area contributed by atoms with Crippen molar-refractivity contribution >= 4 is 35.8 Å². The van der Waals surface area contributed by atoms with Gasteiger partial charge in [0.1, 0.15) is 12.7 Å². The molecule has 1 amide bonds. The third-order valence-corrected chi connectivity index (χ3v) is 4.24. The maximum atomic E-state index is 12.1. The predicted molar refractivity (Wildman–Crippen MR) is 114 cm³/mol. The Morgan fingerprint density at radius 3 is 2.69 bits per heavy atom. The zero-order valence-corrected chi connectivity index (χ0v) is 18.3. The molecule has 1 saturated heterocycles. The van der Waals surface area contributed by atoms with Gasteiger partial charge >= 0.3 is 0 Å². The lowest BCUT2D eigenvalue weighted by atomic mass is 10.2. The molecular formula is C17H32IN7O. The summed E-state index contributed by atoms with van der Waals surface area (Å²) in [5, 5.41) is 14.4. The van der Waals surface area contributed by atoms with Crippen LogP contribution in [0.2, 0.25) is 0 Å². The van der Waals surface area contributed by atoms with Gasteiger partial charge in [0.05, 0.1) is 0 Å². The molecule has 1 unspecified atom stereocenters. The van der Waals surface area contributed by atoms with Gasteiger partial charge in [0.2, 0.25) is 5.91 Å². The molecule has 0 spiro atoms. The number of halogens is 1. The Bertz CT molecular complexity index is 547. The van der Waals surface area contributed by atoms with Crippen LogP contribution < -0.4 is 10.6 Å². The number of hydrogen-bond acceptors (Lipinski definition) is 4. The monoisotopic (exact) mass is 477 g/mol. The first kappa shape index (κ1) is 22.7. The van der Waals surface area contributed by atoms with E-state index in [1.807, 2.05) is 23.3 Å². The van der Waals surface area contributed by atoms with Crippen molar-refractivity contribution in [2.24, 2.45) is 10.9 Å². The molecular weight excluding hydrogens is 445 g/mol. The van der Waals surface area contributed by atoms with Gasteiger partial charge in [-0.2, -0.15) is 0 Å². The SMILES string of the molecule is CCNC(=NCCCCn1cnnc1)NC1CCN(C(=O)C(C)C)C1.I. The first-order chi connectivity index (χ1) is 12.1. The number of carbonyl (C=O) groups is 1. The van der Waals surface area contributed by atoms with Crippen LogP contribution in [0.5, 0.6) is 0 Å². The Labute approximate surface area is 173 Å². The first-order valence-corrected chi connectivity index (χ1v) is 9.26. The number of aryl methyl sites for hydroxylation is 1. The lowest BCUT2D eigenvalue weighted by Crippen LogP contribution is -2.45.